The number of aryl methyl sites for hydroxylation is 1. The highest BCUT2D eigenvalue weighted by atomic mass is 16.5. The number of carbonyl (C=O) groups is 1. The molecule has 0 aliphatic carbocycles. The van der Waals surface area contributed by atoms with Gasteiger partial charge in [-0.15, -0.1) is 0 Å². The molecule has 0 bridgehead atoms. The molecule has 0 fully saturated rings. The van der Waals surface area contributed by atoms with Crippen LogP contribution in [-0.2, 0) is 4.74 Å². The molecule has 5 nitrogen and oxygen atoms in total. The molecule has 1 aromatic carbocycles. The van der Waals surface area contributed by atoms with Crippen LogP contribution < -0.4 is 14.4 Å². The van der Waals surface area contributed by atoms with E-state index in [0.717, 1.165) is 11.3 Å². The quantitative estimate of drug-likeness (QED) is 0.811. The van der Waals surface area contributed by atoms with Crippen LogP contribution in [0.1, 0.15) is 5.56 Å². The third-order valence-electron chi connectivity index (χ3n) is 2.51. The van der Waals surface area contributed by atoms with Crippen molar-refractivity contribution in [1.82, 2.24) is 0 Å². The molecule has 1 rings (SSSR count). The van der Waals surface area contributed by atoms with Crippen molar-refractivity contribution in [1.29, 1.82) is 0 Å². The van der Waals surface area contributed by atoms with E-state index in [2.05, 4.69) is 4.74 Å². The SMILES string of the molecule is COC(=O)N(C)c1cc(OC)c(OC)cc1C. The molecule has 0 aromatic heterocycles. The van der Waals surface area contributed by atoms with Gasteiger partial charge in [0.2, 0.25) is 0 Å². The van der Waals surface area contributed by atoms with Crippen molar-refractivity contribution in [3.63, 3.8) is 0 Å². The number of nitrogens with zero attached hydrogens (tertiary/aromatic N) is 1. The lowest BCUT2D eigenvalue weighted by Gasteiger charge is -2.20. The predicted molar refractivity (Wildman–Crippen MR) is 65.1 cm³/mol. The maximum absolute atomic E-state index is 11.5. The van der Waals surface area contributed by atoms with Crippen LogP contribution >= 0.6 is 0 Å². The molecule has 0 aliphatic heterocycles. The van der Waals surface area contributed by atoms with Crippen LogP contribution in [0.5, 0.6) is 11.5 Å². The Morgan fingerprint density at radius 3 is 2.12 bits per heavy atom. The lowest BCUT2D eigenvalue weighted by Crippen LogP contribution is -2.26. The largest absolute Gasteiger partial charge is 0.493 e. The van der Waals surface area contributed by atoms with Crippen molar-refractivity contribution >= 4 is 11.8 Å². The molecule has 0 atom stereocenters. The van der Waals surface area contributed by atoms with Gasteiger partial charge in [0.25, 0.3) is 0 Å². The van der Waals surface area contributed by atoms with Crippen LogP contribution in [0.25, 0.3) is 0 Å². The molecule has 0 saturated carbocycles. The van der Waals surface area contributed by atoms with E-state index in [1.807, 2.05) is 13.0 Å². The molecule has 0 heterocycles. The highest BCUT2D eigenvalue weighted by Gasteiger charge is 2.16. The van der Waals surface area contributed by atoms with Crippen molar-refractivity contribution in [3.8, 4) is 11.5 Å². The Kier molecular flexibility index (Phi) is 4.20. The number of anilines is 1. The third kappa shape index (κ3) is 2.61. The van der Waals surface area contributed by atoms with Gasteiger partial charge in [0.1, 0.15) is 0 Å². The monoisotopic (exact) mass is 239 g/mol. The van der Waals surface area contributed by atoms with Crippen LogP contribution in [0.3, 0.4) is 0 Å². The van der Waals surface area contributed by atoms with Crippen molar-refractivity contribution in [3.05, 3.63) is 17.7 Å². The summed E-state index contributed by atoms with van der Waals surface area (Å²) in [5, 5.41) is 0. The molecule has 0 N–H and O–H groups in total. The van der Waals surface area contributed by atoms with E-state index < -0.39 is 6.09 Å². The second-order valence-corrected chi connectivity index (χ2v) is 3.52. The first-order valence-corrected chi connectivity index (χ1v) is 5.09. The number of hydrogen-bond acceptors (Lipinski definition) is 4. The zero-order chi connectivity index (χ0) is 13.0. The number of ether oxygens (including phenoxy) is 3. The number of methoxy groups -OCH3 is 3. The summed E-state index contributed by atoms with van der Waals surface area (Å²) in [7, 11) is 6.10. The normalized spacial score (nSPS) is 9.71. The number of hydrogen-bond donors (Lipinski definition) is 0. The standard InChI is InChI=1S/C12H17NO4/c1-8-6-10(15-3)11(16-4)7-9(8)13(2)12(14)17-5/h6-7H,1-5H3. The first-order valence-electron chi connectivity index (χ1n) is 5.09. The summed E-state index contributed by atoms with van der Waals surface area (Å²) in [6.45, 7) is 1.89. The Morgan fingerprint density at radius 2 is 1.65 bits per heavy atom. The highest BCUT2D eigenvalue weighted by molar-refractivity contribution is 5.88. The van der Waals surface area contributed by atoms with Crippen molar-refractivity contribution in [2.45, 2.75) is 6.92 Å². The summed E-state index contributed by atoms with van der Waals surface area (Å²) < 4.78 is 15.0. The fraction of sp³-hybridized carbons (Fsp3) is 0.417. The van der Waals surface area contributed by atoms with Crippen LogP contribution in [-0.4, -0.2) is 34.5 Å². The van der Waals surface area contributed by atoms with Gasteiger partial charge in [0, 0.05) is 13.1 Å². The number of amides is 1. The van der Waals surface area contributed by atoms with Crippen LogP contribution in [0.4, 0.5) is 10.5 Å². The molecule has 94 valence electrons. The molecular weight excluding hydrogens is 222 g/mol. The molecule has 0 radical (unpaired) electrons. The molecule has 5 heteroatoms. The maximum Gasteiger partial charge on any atom is 0.413 e. The van der Waals surface area contributed by atoms with E-state index in [1.54, 1.807) is 27.3 Å². The molecule has 0 spiro atoms. The van der Waals surface area contributed by atoms with Crippen molar-refractivity contribution < 1.29 is 19.0 Å². The van der Waals surface area contributed by atoms with E-state index in [4.69, 9.17) is 9.47 Å². The second kappa shape index (κ2) is 5.43. The fourth-order valence-electron chi connectivity index (χ4n) is 1.57. The van der Waals surface area contributed by atoms with Crippen LogP contribution in [0.15, 0.2) is 12.1 Å². The topological polar surface area (TPSA) is 48.0 Å². The molecule has 0 aliphatic rings. The number of carbonyl (C=O) groups excluding carboxylic acids is 1. The maximum atomic E-state index is 11.5. The average Bonchev–Trinajstić information content (AvgIpc) is 2.36. The Bertz CT molecular complexity index is 417. The minimum atomic E-state index is -0.430. The summed E-state index contributed by atoms with van der Waals surface area (Å²) in [4.78, 5) is 12.9. The minimum Gasteiger partial charge on any atom is -0.493 e. The van der Waals surface area contributed by atoms with Gasteiger partial charge in [0.05, 0.1) is 27.0 Å². The van der Waals surface area contributed by atoms with Gasteiger partial charge in [-0.2, -0.15) is 0 Å². The van der Waals surface area contributed by atoms with Gasteiger partial charge in [-0.25, -0.2) is 4.79 Å². The summed E-state index contributed by atoms with van der Waals surface area (Å²) in [6.07, 6.45) is -0.430. The summed E-state index contributed by atoms with van der Waals surface area (Å²) in [6, 6.07) is 3.55. The smallest absolute Gasteiger partial charge is 0.413 e. The van der Waals surface area contributed by atoms with Gasteiger partial charge in [-0.1, -0.05) is 0 Å². The van der Waals surface area contributed by atoms with Gasteiger partial charge in [-0.05, 0) is 18.6 Å². The Morgan fingerprint density at radius 1 is 1.12 bits per heavy atom. The lowest BCUT2D eigenvalue weighted by atomic mass is 10.1. The number of rotatable bonds is 3. The van der Waals surface area contributed by atoms with Crippen LogP contribution in [0, 0.1) is 6.92 Å². The summed E-state index contributed by atoms with van der Waals surface area (Å²) in [5.41, 5.74) is 1.62. The third-order valence-corrected chi connectivity index (χ3v) is 2.51. The summed E-state index contributed by atoms with van der Waals surface area (Å²) >= 11 is 0. The van der Waals surface area contributed by atoms with Gasteiger partial charge in [0.15, 0.2) is 11.5 Å². The zero-order valence-electron chi connectivity index (χ0n) is 10.7. The second-order valence-electron chi connectivity index (χ2n) is 3.52. The minimum absolute atomic E-state index is 0.430. The Balaban J connectivity index is 3.21. The molecular formula is C12H17NO4. The molecule has 0 unspecified atom stereocenters. The fourth-order valence-corrected chi connectivity index (χ4v) is 1.57. The van der Waals surface area contributed by atoms with Gasteiger partial charge < -0.3 is 14.2 Å². The first kappa shape index (κ1) is 13.2. The van der Waals surface area contributed by atoms with E-state index in [9.17, 15) is 4.79 Å². The molecule has 1 aromatic rings. The van der Waals surface area contributed by atoms with E-state index in [1.165, 1.54) is 12.0 Å². The van der Waals surface area contributed by atoms with Crippen molar-refractivity contribution in [2.75, 3.05) is 33.3 Å². The first-order chi connectivity index (χ1) is 8.04. The molecule has 17 heavy (non-hydrogen) atoms. The van der Waals surface area contributed by atoms with Gasteiger partial charge >= 0.3 is 6.09 Å². The number of benzene rings is 1. The van der Waals surface area contributed by atoms with Crippen LogP contribution in [0.2, 0.25) is 0 Å². The highest BCUT2D eigenvalue weighted by Crippen LogP contribution is 2.34. The predicted octanol–water partition coefficient (Wildman–Crippen LogP) is 2.21. The zero-order valence-corrected chi connectivity index (χ0v) is 10.7. The van der Waals surface area contributed by atoms with E-state index >= 15 is 0 Å². The Hall–Kier alpha value is -1.91. The summed E-state index contributed by atoms with van der Waals surface area (Å²) in [5.74, 6) is 1.20. The van der Waals surface area contributed by atoms with E-state index in [0.29, 0.717) is 11.5 Å². The van der Waals surface area contributed by atoms with E-state index in [-0.39, 0.29) is 0 Å². The molecule has 1 amide bonds. The van der Waals surface area contributed by atoms with Gasteiger partial charge in [-0.3, -0.25) is 4.90 Å². The van der Waals surface area contributed by atoms with Crippen molar-refractivity contribution in [2.24, 2.45) is 0 Å². The Labute approximate surface area is 101 Å². The average molecular weight is 239 g/mol. The lowest BCUT2D eigenvalue weighted by molar-refractivity contribution is 0.180. The molecule has 0 saturated heterocycles.